The Morgan fingerprint density at radius 1 is 0.967 bits per heavy atom. The summed E-state index contributed by atoms with van der Waals surface area (Å²) in [4.78, 5) is 23.8. The van der Waals surface area contributed by atoms with Crippen LogP contribution in [0.1, 0.15) is 28.7 Å². The van der Waals surface area contributed by atoms with Crippen molar-refractivity contribution in [1.29, 1.82) is 0 Å². The molecule has 152 valence electrons. The number of nitrogens with one attached hydrogen (secondary N) is 1. The number of carbonyl (C=O) groups is 2. The number of carbonyl (C=O) groups excluding carboxylic acids is 1. The molecular weight excluding hydrogens is 392 g/mol. The second-order valence-electron chi connectivity index (χ2n) is 6.91. The van der Waals surface area contributed by atoms with Gasteiger partial charge in [0.15, 0.2) is 6.04 Å². The molecule has 3 aromatic rings. The Balaban J connectivity index is 1.51. The van der Waals surface area contributed by atoms with Crippen LogP contribution in [-0.2, 0) is 9.53 Å². The van der Waals surface area contributed by atoms with Crippen molar-refractivity contribution in [2.75, 3.05) is 6.61 Å². The molecule has 0 spiro atoms. The van der Waals surface area contributed by atoms with Crippen molar-refractivity contribution in [2.24, 2.45) is 0 Å². The van der Waals surface area contributed by atoms with Crippen molar-refractivity contribution < 1.29 is 28.2 Å². The summed E-state index contributed by atoms with van der Waals surface area (Å²) < 4.78 is 32.7. The summed E-state index contributed by atoms with van der Waals surface area (Å²) in [6.07, 6.45) is -1.03. The molecule has 1 aliphatic carbocycles. The number of rotatable bonds is 5. The molecule has 2 N–H and O–H groups in total. The summed E-state index contributed by atoms with van der Waals surface area (Å²) in [5, 5.41) is 11.5. The van der Waals surface area contributed by atoms with Crippen LogP contribution in [0.2, 0.25) is 0 Å². The SMILES string of the molecule is O=C(N[C@H](C(=O)O)c1cc(F)ccc1F)OCC1c2ccccc2-c2ccccc21. The third kappa shape index (κ3) is 3.61. The van der Waals surface area contributed by atoms with Crippen molar-refractivity contribution in [3.63, 3.8) is 0 Å². The normalized spacial score (nSPS) is 13.3. The molecule has 0 fully saturated rings. The highest BCUT2D eigenvalue weighted by Gasteiger charge is 2.30. The first kappa shape index (κ1) is 19.6. The maximum absolute atomic E-state index is 14.0. The van der Waals surface area contributed by atoms with Gasteiger partial charge >= 0.3 is 12.1 Å². The van der Waals surface area contributed by atoms with Crippen LogP contribution in [0.15, 0.2) is 66.7 Å². The molecular formula is C23H17F2NO4. The highest BCUT2D eigenvalue weighted by atomic mass is 19.1. The summed E-state index contributed by atoms with van der Waals surface area (Å²) >= 11 is 0. The van der Waals surface area contributed by atoms with Crippen LogP contribution in [0, 0.1) is 11.6 Å². The van der Waals surface area contributed by atoms with E-state index >= 15 is 0 Å². The Morgan fingerprint density at radius 2 is 1.57 bits per heavy atom. The van der Waals surface area contributed by atoms with Gasteiger partial charge in [0.2, 0.25) is 0 Å². The van der Waals surface area contributed by atoms with Gasteiger partial charge in [-0.2, -0.15) is 0 Å². The number of aliphatic carboxylic acids is 1. The van der Waals surface area contributed by atoms with E-state index in [1.165, 1.54) is 0 Å². The van der Waals surface area contributed by atoms with Gasteiger partial charge in [0.1, 0.15) is 18.2 Å². The standard InChI is InChI=1S/C23H17F2NO4/c24-13-9-10-20(25)18(11-13)21(22(27)28)26-23(29)30-12-19-16-7-3-1-5-14(16)15-6-2-4-8-17(15)19/h1-11,19,21H,12H2,(H,26,29)(H,27,28)/t21-/m0/s1. The first-order valence-corrected chi connectivity index (χ1v) is 9.25. The minimum Gasteiger partial charge on any atom is -0.479 e. The second kappa shape index (κ2) is 7.94. The number of hydrogen-bond donors (Lipinski definition) is 2. The van der Waals surface area contributed by atoms with Crippen LogP contribution in [-0.4, -0.2) is 23.8 Å². The molecule has 5 nitrogen and oxygen atoms in total. The van der Waals surface area contributed by atoms with Crippen molar-refractivity contribution in [1.82, 2.24) is 5.32 Å². The lowest BCUT2D eigenvalue weighted by Crippen LogP contribution is -2.35. The molecule has 1 amide bonds. The summed E-state index contributed by atoms with van der Waals surface area (Å²) in [6.45, 7) is -0.0299. The van der Waals surface area contributed by atoms with Gasteiger partial charge in [-0.3, -0.25) is 0 Å². The van der Waals surface area contributed by atoms with Crippen molar-refractivity contribution >= 4 is 12.1 Å². The Hall–Kier alpha value is -3.74. The fraction of sp³-hybridized carbons (Fsp3) is 0.130. The zero-order valence-electron chi connectivity index (χ0n) is 15.6. The highest BCUT2D eigenvalue weighted by molar-refractivity contribution is 5.82. The predicted molar refractivity (Wildman–Crippen MR) is 105 cm³/mol. The number of alkyl carbamates (subject to hydrolysis) is 1. The molecule has 4 rings (SSSR count). The van der Waals surface area contributed by atoms with Gasteiger partial charge in [0.05, 0.1) is 0 Å². The third-order valence-electron chi connectivity index (χ3n) is 5.12. The number of hydrogen-bond acceptors (Lipinski definition) is 3. The summed E-state index contributed by atoms with van der Waals surface area (Å²) in [5.74, 6) is -3.50. The van der Waals surface area contributed by atoms with Crippen LogP contribution >= 0.6 is 0 Å². The van der Waals surface area contributed by atoms with Crippen LogP contribution in [0.3, 0.4) is 0 Å². The van der Waals surface area contributed by atoms with E-state index in [0.29, 0.717) is 0 Å². The Morgan fingerprint density at radius 3 is 2.17 bits per heavy atom. The van der Waals surface area contributed by atoms with Crippen molar-refractivity contribution in [3.8, 4) is 11.1 Å². The molecule has 0 unspecified atom stereocenters. The molecule has 0 radical (unpaired) electrons. The summed E-state index contributed by atoms with van der Waals surface area (Å²) in [6, 6.07) is 16.1. The van der Waals surface area contributed by atoms with E-state index in [1.54, 1.807) is 0 Å². The first-order chi connectivity index (χ1) is 14.5. The van der Waals surface area contributed by atoms with Gasteiger partial charge in [-0.25, -0.2) is 18.4 Å². The highest BCUT2D eigenvalue weighted by Crippen LogP contribution is 2.44. The van der Waals surface area contributed by atoms with Gasteiger partial charge in [0, 0.05) is 11.5 Å². The lowest BCUT2D eigenvalue weighted by molar-refractivity contribution is -0.139. The van der Waals surface area contributed by atoms with Crippen LogP contribution in [0.5, 0.6) is 0 Å². The molecule has 0 saturated carbocycles. The average molecular weight is 409 g/mol. The number of carboxylic acid groups (broad SMARTS) is 1. The third-order valence-corrected chi connectivity index (χ3v) is 5.12. The Bertz CT molecular complexity index is 1090. The number of carboxylic acids is 1. The molecule has 1 atom stereocenters. The average Bonchev–Trinajstić information content (AvgIpc) is 3.06. The Labute approximate surface area is 170 Å². The molecule has 0 saturated heterocycles. The van der Waals surface area contributed by atoms with Gasteiger partial charge in [0.25, 0.3) is 0 Å². The summed E-state index contributed by atoms with van der Waals surface area (Å²) in [5.41, 5.74) is 3.60. The van der Waals surface area contributed by atoms with Crippen LogP contribution in [0.4, 0.5) is 13.6 Å². The quantitative estimate of drug-likeness (QED) is 0.644. The lowest BCUT2D eigenvalue weighted by atomic mass is 9.98. The Kier molecular flexibility index (Phi) is 5.18. The van der Waals surface area contributed by atoms with E-state index in [9.17, 15) is 23.5 Å². The van der Waals surface area contributed by atoms with Gasteiger partial charge < -0.3 is 15.2 Å². The molecule has 0 heterocycles. The fourth-order valence-corrected chi connectivity index (χ4v) is 3.77. The van der Waals surface area contributed by atoms with Crippen LogP contribution < -0.4 is 5.32 Å². The zero-order chi connectivity index (χ0) is 21.3. The minimum absolute atomic E-state index is 0.0299. The number of halogens is 2. The zero-order valence-corrected chi connectivity index (χ0v) is 15.6. The molecule has 7 heteroatoms. The predicted octanol–water partition coefficient (Wildman–Crippen LogP) is 4.63. The first-order valence-electron chi connectivity index (χ1n) is 9.25. The van der Waals surface area contributed by atoms with E-state index < -0.39 is 35.3 Å². The summed E-state index contributed by atoms with van der Waals surface area (Å²) in [7, 11) is 0. The van der Waals surface area contributed by atoms with Gasteiger partial charge in [-0.15, -0.1) is 0 Å². The molecule has 0 aliphatic heterocycles. The van der Waals surface area contributed by atoms with E-state index in [1.807, 2.05) is 48.5 Å². The van der Waals surface area contributed by atoms with Gasteiger partial charge in [-0.05, 0) is 40.5 Å². The molecule has 0 aromatic heterocycles. The van der Waals surface area contributed by atoms with E-state index in [4.69, 9.17) is 4.74 Å². The second-order valence-corrected chi connectivity index (χ2v) is 6.91. The molecule has 1 aliphatic rings. The monoisotopic (exact) mass is 409 g/mol. The topological polar surface area (TPSA) is 75.6 Å². The molecule has 3 aromatic carbocycles. The van der Waals surface area contributed by atoms with E-state index in [-0.39, 0.29) is 12.5 Å². The van der Waals surface area contributed by atoms with E-state index in [0.717, 1.165) is 40.5 Å². The van der Waals surface area contributed by atoms with Crippen molar-refractivity contribution in [3.05, 3.63) is 95.1 Å². The number of ether oxygens (including phenoxy) is 1. The number of amides is 1. The lowest BCUT2D eigenvalue weighted by Gasteiger charge is -2.18. The van der Waals surface area contributed by atoms with Crippen LogP contribution in [0.25, 0.3) is 11.1 Å². The maximum atomic E-state index is 14.0. The fourth-order valence-electron chi connectivity index (χ4n) is 3.77. The number of benzene rings is 3. The maximum Gasteiger partial charge on any atom is 0.408 e. The number of fused-ring (bicyclic) bond motifs is 3. The minimum atomic E-state index is -1.78. The van der Waals surface area contributed by atoms with Crippen molar-refractivity contribution in [2.45, 2.75) is 12.0 Å². The van der Waals surface area contributed by atoms with E-state index in [2.05, 4.69) is 5.32 Å². The van der Waals surface area contributed by atoms with Gasteiger partial charge in [-0.1, -0.05) is 48.5 Å². The smallest absolute Gasteiger partial charge is 0.408 e. The molecule has 30 heavy (non-hydrogen) atoms. The molecule has 0 bridgehead atoms. The largest absolute Gasteiger partial charge is 0.479 e.